The molecule has 2 rings (SSSR count). The highest BCUT2D eigenvalue weighted by Crippen LogP contribution is 2.39. The second-order valence-corrected chi connectivity index (χ2v) is 3.32. The molecule has 3 N–H and O–H groups in total. The number of carbonyl (C=O) groups is 1. The lowest BCUT2D eigenvalue weighted by Gasteiger charge is -1.96. The van der Waals surface area contributed by atoms with E-state index in [2.05, 4.69) is 9.97 Å². The van der Waals surface area contributed by atoms with Gasteiger partial charge in [0.25, 0.3) is 0 Å². The first-order chi connectivity index (χ1) is 6.16. The van der Waals surface area contributed by atoms with E-state index in [4.69, 9.17) is 5.11 Å². The van der Waals surface area contributed by atoms with Crippen LogP contribution in [0.3, 0.4) is 0 Å². The Hall–Kier alpha value is -1.52. The average Bonchev–Trinajstić information content (AvgIpc) is 2.77. The molecule has 1 heterocycles. The Labute approximate surface area is 73.8 Å². The number of aromatic nitrogens is 2. The summed E-state index contributed by atoms with van der Waals surface area (Å²) in [5.41, 5.74) is 1.01. The van der Waals surface area contributed by atoms with Crippen LogP contribution in [0.2, 0.25) is 0 Å². The maximum Gasteiger partial charge on any atom is 0.323 e. The smallest absolute Gasteiger partial charge is 0.323 e. The molecule has 13 heavy (non-hydrogen) atoms. The normalized spacial score (nSPS) is 16.0. The molecule has 0 aliphatic heterocycles. The van der Waals surface area contributed by atoms with Crippen LogP contribution in [-0.2, 0) is 11.2 Å². The Morgan fingerprint density at radius 1 is 1.46 bits per heavy atom. The highest BCUT2D eigenvalue weighted by Gasteiger charge is 2.28. The van der Waals surface area contributed by atoms with E-state index in [1.165, 1.54) is 0 Å². The molecule has 1 aliphatic carbocycles. The summed E-state index contributed by atoms with van der Waals surface area (Å²) in [6.07, 6.45) is 1.98. The Kier molecular flexibility index (Phi) is 1.72. The van der Waals surface area contributed by atoms with Crippen molar-refractivity contribution in [3.63, 3.8) is 0 Å². The van der Waals surface area contributed by atoms with Crippen LogP contribution in [0.4, 0.5) is 0 Å². The number of carboxylic acid groups (broad SMARTS) is 1. The first kappa shape index (κ1) is 8.10. The number of hydrogen-bond acceptors (Lipinski definition) is 2. The van der Waals surface area contributed by atoms with Crippen LogP contribution in [0.15, 0.2) is 4.79 Å². The zero-order valence-electron chi connectivity index (χ0n) is 6.96. The lowest BCUT2D eigenvalue weighted by molar-refractivity contribution is -0.136. The van der Waals surface area contributed by atoms with Gasteiger partial charge < -0.3 is 15.1 Å². The van der Waals surface area contributed by atoms with Gasteiger partial charge in [0.15, 0.2) is 0 Å². The van der Waals surface area contributed by atoms with Gasteiger partial charge in [-0.15, -0.1) is 0 Å². The van der Waals surface area contributed by atoms with Gasteiger partial charge in [0.2, 0.25) is 0 Å². The summed E-state index contributed by atoms with van der Waals surface area (Å²) in [5, 5.41) is 8.57. The average molecular weight is 182 g/mol. The van der Waals surface area contributed by atoms with E-state index in [0.717, 1.165) is 18.5 Å². The molecule has 1 aromatic rings. The van der Waals surface area contributed by atoms with Crippen molar-refractivity contribution in [1.82, 2.24) is 9.97 Å². The van der Waals surface area contributed by atoms with E-state index in [9.17, 15) is 9.59 Å². The van der Waals surface area contributed by atoms with Gasteiger partial charge in [-0.25, -0.2) is 4.79 Å². The predicted octanol–water partition coefficient (Wildman–Crippen LogP) is 0.207. The van der Waals surface area contributed by atoms with Crippen molar-refractivity contribution in [2.45, 2.75) is 25.2 Å². The highest BCUT2D eigenvalue weighted by atomic mass is 16.4. The molecule has 1 saturated carbocycles. The second-order valence-electron chi connectivity index (χ2n) is 3.32. The zero-order valence-corrected chi connectivity index (χ0v) is 6.96. The molecule has 1 fully saturated rings. The fourth-order valence-corrected chi connectivity index (χ4v) is 1.44. The second kappa shape index (κ2) is 2.76. The van der Waals surface area contributed by atoms with Gasteiger partial charge >= 0.3 is 11.7 Å². The number of hydrogen-bond donors (Lipinski definition) is 3. The Morgan fingerprint density at radius 2 is 2.15 bits per heavy atom. The molecule has 0 atom stereocenters. The molecule has 1 aromatic heterocycles. The highest BCUT2D eigenvalue weighted by molar-refractivity contribution is 5.70. The van der Waals surface area contributed by atoms with Crippen LogP contribution in [-0.4, -0.2) is 21.0 Å². The first-order valence-corrected chi connectivity index (χ1v) is 4.19. The molecule has 5 heteroatoms. The van der Waals surface area contributed by atoms with Gasteiger partial charge in [-0.2, -0.15) is 0 Å². The SMILES string of the molecule is O=C(O)Cc1[nH]c(=O)[nH]c1C1CC1. The summed E-state index contributed by atoms with van der Waals surface area (Å²) in [6, 6.07) is 0. The minimum atomic E-state index is -0.919. The standard InChI is InChI=1S/C8H10N2O3/c11-6(12)3-5-7(4-1-2-4)10-8(13)9-5/h4H,1-3H2,(H,11,12)(H2,9,10,13). The zero-order chi connectivity index (χ0) is 9.42. The maximum atomic E-state index is 10.9. The maximum absolute atomic E-state index is 10.9. The lowest BCUT2D eigenvalue weighted by Crippen LogP contribution is -2.04. The summed E-state index contributed by atoms with van der Waals surface area (Å²) >= 11 is 0. The Bertz CT molecular complexity index is 386. The summed E-state index contributed by atoms with van der Waals surface area (Å²) < 4.78 is 0. The van der Waals surface area contributed by atoms with Crippen LogP contribution in [0.1, 0.15) is 30.1 Å². The first-order valence-electron chi connectivity index (χ1n) is 4.19. The Balaban J connectivity index is 2.31. The van der Waals surface area contributed by atoms with E-state index >= 15 is 0 Å². The molecular formula is C8H10N2O3. The van der Waals surface area contributed by atoms with E-state index < -0.39 is 5.97 Å². The minimum absolute atomic E-state index is 0.107. The summed E-state index contributed by atoms with van der Waals surface area (Å²) in [5.74, 6) is -0.551. The quantitative estimate of drug-likeness (QED) is 0.624. The van der Waals surface area contributed by atoms with Gasteiger partial charge in [-0.05, 0) is 12.8 Å². The van der Waals surface area contributed by atoms with Crippen molar-refractivity contribution in [3.05, 3.63) is 21.9 Å². The molecule has 1 aliphatic rings. The molecule has 5 nitrogen and oxygen atoms in total. The monoisotopic (exact) mass is 182 g/mol. The van der Waals surface area contributed by atoms with Gasteiger partial charge in [0, 0.05) is 11.6 Å². The fraction of sp³-hybridized carbons (Fsp3) is 0.500. The van der Waals surface area contributed by atoms with Crippen molar-refractivity contribution >= 4 is 5.97 Å². The van der Waals surface area contributed by atoms with Crippen molar-refractivity contribution in [2.24, 2.45) is 0 Å². The number of rotatable bonds is 3. The van der Waals surface area contributed by atoms with Gasteiger partial charge in [-0.1, -0.05) is 0 Å². The molecular weight excluding hydrogens is 172 g/mol. The van der Waals surface area contributed by atoms with E-state index in [-0.39, 0.29) is 12.1 Å². The number of carboxylic acids is 1. The van der Waals surface area contributed by atoms with E-state index in [1.54, 1.807) is 0 Å². The molecule has 0 saturated heterocycles. The number of aromatic amines is 2. The predicted molar refractivity (Wildman–Crippen MR) is 44.7 cm³/mol. The molecule has 0 amide bonds. The summed E-state index contributed by atoms with van der Waals surface area (Å²) in [6.45, 7) is 0. The third-order valence-corrected chi connectivity index (χ3v) is 2.15. The topological polar surface area (TPSA) is 85.9 Å². The molecule has 0 radical (unpaired) electrons. The summed E-state index contributed by atoms with van der Waals surface area (Å²) in [7, 11) is 0. The van der Waals surface area contributed by atoms with Crippen molar-refractivity contribution in [1.29, 1.82) is 0 Å². The fourth-order valence-electron chi connectivity index (χ4n) is 1.44. The van der Waals surface area contributed by atoms with Crippen LogP contribution in [0.5, 0.6) is 0 Å². The third kappa shape index (κ3) is 1.63. The summed E-state index contributed by atoms with van der Waals surface area (Å²) in [4.78, 5) is 26.5. The number of nitrogens with one attached hydrogen (secondary N) is 2. The van der Waals surface area contributed by atoms with E-state index in [0.29, 0.717) is 11.6 Å². The van der Waals surface area contributed by atoms with Crippen molar-refractivity contribution in [2.75, 3.05) is 0 Å². The van der Waals surface area contributed by atoms with Gasteiger partial charge in [0.05, 0.1) is 12.1 Å². The Morgan fingerprint density at radius 3 is 2.69 bits per heavy atom. The van der Waals surface area contributed by atoms with Crippen LogP contribution in [0, 0.1) is 0 Å². The molecule has 0 unspecified atom stereocenters. The molecule has 70 valence electrons. The third-order valence-electron chi connectivity index (χ3n) is 2.15. The number of H-pyrrole nitrogens is 2. The van der Waals surface area contributed by atoms with Crippen LogP contribution < -0.4 is 5.69 Å². The molecule has 0 bridgehead atoms. The van der Waals surface area contributed by atoms with Gasteiger partial charge in [-0.3, -0.25) is 4.79 Å². The number of imidazole rings is 1. The van der Waals surface area contributed by atoms with Crippen LogP contribution in [0.25, 0.3) is 0 Å². The van der Waals surface area contributed by atoms with E-state index in [1.807, 2.05) is 0 Å². The molecule has 0 spiro atoms. The largest absolute Gasteiger partial charge is 0.481 e. The van der Waals surface area contributed by atoms with Crippen molar-refractivity contribution in [3.8, 4) is 0 Å². The lowest BCUT2D eigenvalue weighted by atomic mass is 10.2. The minimum Gasteiger partial charge on any atom is -0.481 e. The molecule has 0 aromatic carbocycles. The number of aliphatic carboxylic acids is 1. The van der Waals surface area contributed by atoms with Crippen molar-refractivity contribution < 1.29 is 9.90 Å². The van der Waals surface area contributed by atoms with Gasteiger partial charge in [0.1, 0.15) is 0 Å². The van der Waals surface area contributed by atoms with Crippen LogP contribution >= 0.6 is 0 Å².